The van der Waals surface area contributed by atoms with Crippen molar-refractivity contribution < 1.29 is 14.7 Å². The van der Waals surface area contributed by atoms with Gasteiger partial charge < -0.3 is 14.7 Å². The Morgan fingerprint density at radius 3 is 2.65 bits per heavy atom. The number of para-hydroxylation sites is 1. The van der Waals surface area contributed by atoms with Crippen LogP contribution in [0, 0.1) is 0 Å². The lowest BCUT2D eigenvalue weighted by Crippen LogP contribution is -1.96. The minimum absolute atomic E-state index is 0.0596. The number of rotatable bonds is 3. The summed E-state index contributed by atoms with van der Waals surface area (Å²) in [7, 11) is 0. The molecule has 0 spiro atoms. The second kappa shape index (κ2) is 5.03. The van der Waals surface area contributed by atoms with E-state index in [9.17, 15) is 5.11 Å². The van der Waals surface area contributed by atoms with Gasteiger partial charge in [-0.05, 0) is 36.4 Å². The lowest BCUT2D eigenvalue weighted by molar-refractivity contribution is 0.319. The van der Waals surface area contributed by atoms with Gasteiger partial charge in [-0.25, -0.2) is 0 Å². The summed E-state index contributed by atoms with van der Waals surface area (Å²) in [5, 5.41) is 21.7. The smallest absolute Gasteiger partial charge is 0.126 e. The Bertz CT molecular complexity index is 542. The minimum atomic E-state index is 0.0596. The second-order valence-electron chi connectivity index (χ2n) is 3.35. The summed E-state index contributed by atoms with van der Waals surface area (Å²) >= 11 is 0. The monoisotopic (exact) mass is 229 g/mol. The van der Waals surface area contributed by atoms with E-state index in [4.69, 9.17) is 9.62 Å². The van der Waals surface area contributed by atoms with Gasteiger partial charge in [0.15, 0.2) is 0 Å². The number of benzene rings is 1. The molecule has 0 aliphatic carbocycles. The van der Waals surface area contributed by atoms with Crippen LogP contribution >= 0.6 is 0 Å². The zero-order valence-electron chi connectivity index (χ0n) is 8.95. The lowest BCUT2D eigenvalue weighted by atomic mass is 10.1. The SMILES string of the molecule is ON=C(C=Cc1ccco1)c1ccccc1O. The van der Waals surface area contributed by atoms with Gasteiger partial charge in [0.2, 0.25) is 0 Å². The summed E-state index contributed by atoms with van der Waals surface area (Å²) < 4.78 is 5.11. The molecule has 0 aliphatic heterocycles. The van der Waals surface area contributed by atoms with Crippen LogP contribution in [0.1, 0.15) is 11.3 Å². The number of oxime groups is 1. The summed E-state index contributed by atoms with van der Waals surface area (Å²) in [4.78, 5) is 0. The van der Waals surface area contributed by atoms with Crippen LogP contribution in [0.5, 0.6) is 5.75 Å². The van der Waals surface area contributed by atoms with Crippen LogP contribution in [0.4, 0.5) is 0 Å². The van der Waals surface area contributed by atoms with E-state index in [1.54, 1.807) is 48.7 Å². The molecule has 2 rings (SSSR count). The second-order valence-corrected chi connectivity index (χ2v) is 3.35. The fraction of sp³-hybridized carbons (Fsp3) is 0. The Kier molecular flexibility index (Phi) is 3.25. The van der Waals surface area contributed by atoms with Crippen LogP contribution in [0.25, 0.3) is 6.08 Å². The number of hydrogen-bond donors (Lipinski definition) is 2. The molecule has 86 valence electrons. The van der Waals surface area contributed by atoms with Crippen molar-refractivity contribution in [2.75, 3.05) is 0 Å². The molecule has 0 radical (unpaired) electrons. The zero-order valence-corrected chi connectivity index (χ0v) is 8.95. The van der Waals surface area contributed by atoms with Crippen LogP contribution in [-0.4, -0.2) is 16.0 Å². The first-order valence-electron chi connectivity index (χ1n) is 5.03. The van der Waals surface area contributed by atoms with Gasteiger partial charge in [-0.1, -0.05) is 17.3 Å². The van der Waals surface area contributed by atoms with Crippen molar-refractivity contribution in [1.29, 1.82) is 0 Å². The highest BCUT2D eigenvalue weighted by atomic mass is 16.4. The van der Waals surface area contributed by atoms with Crippen LogP contribution in [0.15, 0.2) is 58.3 Å². The van der Waals surface area contributed by atoms with Gasteiger partial charge in [-0.15, -0.1) is 0 Å². The van der Waals surface area contributed by atoms with Crippen LogP contribution in [-0.2, 0) is 0 Å². The number of phenolic OH excluding ortho intramolecular Hbond substituents is 1. The van der Waals surface area contributed by atoms with E-state index in [0.29, 0.717) is 11.3 Å². The number of aromatic hydroxyl groups is 1. The van der Waals surface area contributed by atoms with Gasteiger partial charge in [0.1, 0.15) is 17.2 Å². The summed E-state index contributed by atoms with van der Waals surface area (Å²) in [5.41, 5.74) is 0.720. The third-order valence-electron chi connectivity index (χ3n) is 2.24. The normalized spacial score (nSPS) is 12.1. The molecule has 0 fully saturated rings. The highest BCUT2D eigenvalue weighted by Gasteiger charge is 2.05. The Hall–Kier alpha value is -2.49. The molecular weight excluding hydrogens is 218 g/mol. The minimum Gasteiger partial charge on any atom is -0.507 e. The molecule has 2 N–H and O–H groups in total. The molecular formula is C13H11NO3. The molecule has 1 aromatic carbocycles. The van der Waals surface area contributed by atoms with E-state index < -0.39 is 0 Å². The quantitative estimate of drug-likeness (QED) is 0.483. The molecule has 0 amide bonds. The summed E-state index contributed by atoms with van der Waals surface area (Å²) in [6.07, 6.45) is 4.77. The Morgan fingerprint density at radius 2 is 2.00 bits per heavy atom. The van der Waals surface area contributed by atoms with Gasteiger partial charge in [0.25, 0.3) is 0 Å². The van der Waals surface area contributed by atoms with E-state index in [2.05, 4.69) is 5.16 Å². The maximum Gasteiger partial charge on any atom is 0.126 e. The van der Waals surface area contributed by atoms with Crippen molar-refractivity contribution >= 4 is 11.8 Å². The fourth-order valence-electron chi connectivity index (χ4n) is 1.41. The molecule has 4 heteroatoms. The van der Waals surface area contributed by atoms with Gasteiger partial charge >= 0.3 is 0 Å². The van der Waals surface area contributed by atoms with Crippen molar-refractivity contribution in [2.24, 2.45) is 5.16 Å². The Labute approximate surface area is 98.1 Å². The van der Waals surface area contributed by atoms with Gasteiger partial charge in [-0.2, -0.15) is 0 Å². The number of furan rings is 1. The van der Waals surface area contributed by atoms with Crippen molar-refractivity contribution in [3.63, 3.8) is 0 Å². The van der Waals surface area contributed by atoms with E-state index in [-0.39, 0.29) is 11.5 Å². The maximum atomic E-state index is 9.62. The van der Waals surface area contributed by atoms with E-state index in [1.807, 2.05) is 0 Å². The molecule has 0 atom stereocenters. The zero-order chi connectivity index (χ0) is 12.1. The predicted molar refractivity (Wildman–Crippen MR) is 64.2 cm³/mol. The first-order chi connectivity index (χ1) is 8.31. The fourth-order valence-corrected chi connectivity index (χ4v) is 1.41. The maximum absolute atomic E-state index is 9.62. The molecule has 1 aromatic heterocycles. The molecule has 4 nitrogen and oxygen atoms in total. The van der Waals surface area contributed by atoms with Crippen molar-refractivity contribution in [2.45, 2.75) is 0 Å². The lowest BCUT2D eigenvalue weighted by Gasteiger charge is -2.01. The van der Waals surface area contributed by atoms with Crippen LogP contribution in [0.3, 0.4) is 0 Å². The van der Waals surface area contributed by atoms with Crippen molar-refractivity contribution in [1.82, 2.24) is 0 Å². The van der Waals surface area contributed by atoms with E-state index >= 15 is 0 Å². The van der Waals surface area contributed by atoms with Crippen molar-refractivity contribution in [3.8, 4) is 5.75 Å². The Morgan fingerprint density at radius 1 is 1.18 bits per heavy atom. The van der Waals surface area contributed by atoms with E-state index in [0.717, 1.165) is 0 Å². The van der Waals surface area contributed by atoms with Crippen molar-refractivity contribution in [3.05, 3.63) is 60.1 Å². The molecule has 0 bridgehead atoms. The average Bonchev–Trinajstić information content (AvgIpc) is 2.85. The van der Waals surface area contributed by atoms with E-state index in [1.165, 1.54) is 6.07 Å². The number of phenols is 1. The van der Waals surface area contributed by atoms with Crippen LogP contribution in [0.2, 0.25) is 0 Å². The summed E-state index contributed by atoms with van der Waals surface area (Å²) in [6, 6.07) is 10.2. The van der Waals surface area contributed by atoms with Crippen LogP contribution < -0.4 is 0 Å². The predicted octanol–water partition coefficient (Wildman–Crippen LogP) is 2.88. The molecule has 0 saturated heterocycles. The first kappa shape index (κ1) is 11.0. The summed E-state index contributed by atoms with van der Waals surface area (Å²) in [5.74, 6) is 0.700. The number of nitrogens with zero attached hydrogens (tertiary/aromatic N) is 1. The molecule has 0 unspecified atom stereocenters. The highest BCUT2D eigenvalue weighted by molar-refractivity contribution is 6.11. The molecule has 1 heterocycles. The topological polar surface area (TPSA) is 66.0 Å². The third-order valence-corrected chi connectivity index (χ3v) is 2.24. The largest absolute Gasteiger partial charge is 0.507 e. The van der Waals surface area contributed by atoms with Gasteiger partial charge in [0.05, 0.1) is 6.26 Å². The number of allylic oxidation sites excluding steroid dienone is 1. The molecule has 17 heavy (non-hydrogen) atoms. The first-order valence-corrected chi connectivity index (χ1v) is 5.03. The van der Waals surface area contributed by atoms with Gasteiger partial charge in [0, 0.05) is 5.56 Å². The average molecular weight is 229 g/mol. The molecule has 0 aliphatic rings. The number of hydrogen-bond acceptors (Lipinski definition) is 4. The standard InChI is InChI=1S/C13H11NO3/c15-13-6-2-1-5-11(13)12(14-16)8-7-10-4-3-9-17-10/h1-9,15-16H. The molecule has 0 saturated carbocycles. The molecule has 2 aromatic rings. The summed E-state index contributed by atoms with van der Waals surface area (Å²) in [6.45, 7) is 0. The Balaban J connectivity index is 2.27. The highest BCUT2D eigenvalue weighted by Crippen LogP contribution is 2.17. The van der Waals surface area contributed by atoms with Gasteiger partial charge in [-0.3, -0.25) is 0 Å². The third kappa shape index (κ3) is 2.55.